The minimum absolute atomic E-state index is 0.159. The average Bonchev–Trinajstić information content (AvgIpc) is 3.69. The normalized spacial score (nSPS) is 18.1. The number of benzene rings is 1. The van der Waals surface area contributed by atoms with Gasteiger partial charge in [-0.05, 0) is 37.8 Å². The molecular weight excluding hydrogens is 498 g/mol. The average molecular weight is 524 g/mol. The zero-order valence-electron chi connectivity index (χ0n) is 20.4. The maximum absolute atomic E-state index is 14.0. The number of ether oxygens (including phenoxy) is 2. The number of halogens is 1. The molecule has 2 aliphatic rings. The third kappa shape index (κ3) is 3.92. The summed E-state index contributed by atoms with van der Waals surface area (Å²) in [6.07, 6.45) is 5.21. The predicted molar refractivity (Wildman–Crippen MR) is 134 cm³/mol. The lowest BCUT2D eigenvalue weighted by atomic mass is 10.0. The maximum Gasteiger partial charge on any atom is 0.279 e. The summed E-state index contributed by atoms with van der Waals surface area (Å²) in [6, 6.07) is 5.63. The fourth-order valence-corrected chi connectivity index (χ4v) is 5.69. The Hall–Kier alpha value is -3.30. The van der Waals surface area contributed by atoms with Gasteiger partial charge in [0.1, 0.15) is 23.5 Å². The van der Waals surface area contributed by atoms with E-state index in [1.807, 2.05) is 0 Å². The number of aromatic nitrogens is 5. The quantitative estimate of drug-likeness (QED) is 0.375. The summed E-state index contributed by atoms with van der Waals surface area (Å²) in [5.74, 6) is 0.627. The molecule has 6 rings (SSSR count). The van der Waals surface area contributed by atoms with Crippen LogP contribution in [0.2, 0.25) is 5.02 Å². The van der Waals surface area contributed by atoms with Crippen molar-refractivity contribution < 1.29 is 14.0 Å². The minimum atomic E-state index is -0.583. The smallest absolute Gasteiger partial charge is 0.279 e. The Labute approximate surface area is 217 Å². The van der Waals surface area contributed by atoms with Crippen LogP contribution in [-0.4, -0.2) is 69.0 Å². The van der Waals surface area contributed by atoms with Crippen molar-refractivity contribution in [3.63, 3.8) is 0 Å². The molecule has 0 N–H and O–H groups in total. The second-order valence-corrected chi connectivity index (χ2v) is 9.86. The number of hydrogen-bond donors (Lipinski definition) is 0. The van der Waals surface area contributed by atoms with Crippen LogP contribution in [0.25, 0.3) is 28.1 Å². The Balaban J connectivity index is 1.52. The van der Waals surface area contributed by atoms with E-state index in [4.69, 9.17) is 25.6 Å². The molecule has 0 amide bonds. The summed E-state index contributed by atoms with van der Waals surface area (Å²) in [4.78, 5) is 25.4. The zero-order valence-corrected chi connectivity index (χ0v) is 21.2. The van der Waals surface area contributed by atoms with Crippen LogP contribution in [0.3, 0.4) is 0 Å². The van der Waals surface area contributed by atoms with Gasteiger partial charge in [-0.25, -0.2) is 4.98 Å². The van der Waals surface area contributed by atoms with Crippen molar-refractivity contribution in [1.29, 1.82) is 5.26 Å². The van der Waals surface area contributed by atoms with E-state index in [0.717, 1.165) is 38.8 Å². The first-order valence-corrected chi connectivity index (χ1v) is 12.8. The number of methoxy groups -OCH3 is 1. The lowest BCUT2D eigenvalue weighted by molar-refractivity contribution is -0.0178. The lowest BCUT2D eigenvalue weighted by Gasteiger charge is -2.27. The number of nitriles is 1. The maximum atomic E-state index is 14.0. The molecule has 0 atom stereocenters. The molecule has 1 aliphatic heterocycles. The molecule has 4 heterocycles. The monoisotopic (exact) mass is 523 g/mol. The predicted octanol–water partition coefficient (Wildman–Crippen LogP) is 2.97. The number of morpholine rings is 1. The van der Waals surface area contributed by atoms with E-state index in [1.165, 1.54) is 0 Å². The van der Waals surface area contributed by atoms with E-state index in [1.54, 1.807) is 34.5 Å². The fourth-order valence-electron chi connectivity index (χ4n) is 5.50. The first-order valence-electron chi connectivity index (χ1n) is 12.4. The molecular formula is C25H26ClN7O4. The molecule has 4 aromatic rings. The molecule has 3 aromatic heterocycles. The van der Waals surface area contributed by atoms with Crippen LogP contribution in [-0.2, 0) is 21.6 Å². The number of fused-ring (bicyclic) bond motifs is 3. The fraction of sp³-hybridized carbons (Fsp3) is 0.480. The molecule has 0 spiro atoms. The Kier molecular flexibility index (Phi) is 6.20. The summed E-state index contributed by atoms with van der Waals surface area (Å²) >= 11 is 6.39. The molecule has 0 radical (unpaired) electrons. The largest absolute Gasteiger partial charge is 0.379 e. The van der Waals surface area contributed by atoms with Crippen LogP contribution in [0.5, 0.6) is 0 Å². The molecule has 11 nitrogen and oxygen atoms in total. The Bertz CT molecular complexity index is 1570. The molecule has 192 valence electrons. The van der Waals surface area contributed by atoms with E-state index in [0.29, 0.717) is 54.4 Å². The third-order valence-electron chi connectivity index (χ3n) is 7.54. The molecule has 1 aliphatic carbocycles. The van der Waals surface area contributed by atoms with Crippen molar-refractivity contribution >= 4 is 28.2 Å². The molecule has 12 heteroatoms. The molecule has 37 heavy (non-hydrogen) atoms. The number of imidazole rings is 1. The second kappa shape index (κ2) is 9.54. The van der Waals surface area contributed by atoms with E-state index in [9.17, 15) is 10.1 Å². The van der Waals surface area contributed by atoms with Crippen molar-refractivity contribution in [2.45, 2.75) is 37.8 Å². The summed E-state index contributed by atoms with van der Waals surface area (Å²) in [5.41, 5.74) is 1.06. The topological polar surface area (TPSA) is 124 Å². The van der Waals surface area contributed by atoms with Crippen LogP contribution in [0, 0.1) is 11.3 Å². The summed E-state index contributed by atoms with van der Waals surface area (Å²) < 4.78 is 20.1. The standard InChI is InChI=1S/C25H26ClN7O4/c1-35-25(6-2-3-7-25)24-29-22(37-30-24)19-21-23(34)32(9-8-31-10-12-36-13-11-31)20-16(14-27)17(26)4-5-18(20)33(21)15-28-19/h4-5,15H,2-3,6-13H2,1H3. The zero-order chi connectivity index (χ0) is 25.6. The SMILES string of the molecule is COC1(c2noc(-c3ncn4c3c(=O)n(CCN3CCOCC3)c3c(C#N)c(Cl)ccc34)n2)CCCC1. The van der Waals surface area contributed by atoms with Crippen molar-refractivity contribution in [1.82, 2.24) is 29.0 Å². The van der Waals surface area contributed by atoms with Gasteiger partial charge in [0.05, 0.1) is 34.8 Å². The molecule has 0 bridgehead atoms. The van der Waals surface area contributed by atoms with Gasteiger partial charge in [0.25, 0.3) is 11.4 Å². The summed E-state index contributed by atoms with van der Waals surface area (Å²) in [5, 5.41) is 14.4. The van der Waals surface area contributed by atoms with E-state index in [2.05, 4.69) is 26.1 Å². The minimum Gasteiger partial charge on any atom is -0.379 e. The van der Waals surface area contributed by atoms with Crippen LogP contribution in [0.4, 0.5) is 0 Å². The van der Waals surface area contributed by atoms with Crippen molar-refractivity contribution in [2.75, 3.05) is 40.0 Å². The van der Waals surface area contributed by atoms with Gasteiger partial charge < -0.3 is 18.6 Å². The van der Waals surface area contributed by atoms with Gasteiger partial charge in [-0.1, -0.05) is 16.8 Å². The van der Waals surface area contributed by atoms with Crippen LogP contribution in [0.1, 0.15) is 37.1 Å². The molecule has 1 saturated heterocycles. The highest BCUT2D eigenvalue weighted by Crippen LogP contribution is 2.41. The van der Waals surface area contributed by atoms with Gasteiger partial charge in [-0.15, -0.1) is 0 Å². The summed E-state index contributed by atoms with van der Waals surface area (Å²) in [7, 11) is 1.66. The van der Waals surface area contributed by atoms with E-state index < -0.39 is 5.60 Å². The molecule has 2 fully saturated rings. The summed E-state index contributed by atoms with van der Waals surface area (Å²) in [6.45, 7) is 3.86. The van der Waals surface area contributed by atoms with Gasteiger partial charge in [0.2, 0.25) is 5.82 Å². The highest BCUT2D eigenvalue weighted by atomic mass is 35.5. The lowest BCUT2D eigenvalue weighted by Crippen LogP contribution is -2.39. The molecule has 1 aromatic carbocycles. The number of rotatable bonds is 6. The van der Waals surface area contributed by atoms with Gasteiger partial charge in [-0.3, -0.25) is 14.1 Å². The number of hydrogen-bond acceptors (Lipinski definition) is 9. The van der Waals surface area contributed by atoms with Crippen molar-refractivity contribution in [3.05, 3.63) is 45.2 Å². The van der Waals surface area contributed by atoms with Crippen molar-refractivity contribution in [3.8, 4) is 17.7 Å². The van der Waals surface area contributed by atoms with E-state index in [-0.39, 0.29) is 22.0 Å². The van der Waals surface area contributed by atoms with Crippen LogP contribution < -0.4 is 5.56 Å². The molecule has 0 unspecified atom stereocenters. The Morgan fingerprint density at radius 1 is 1.19 bits per heavy atom. The van der Waals surface area contributed by atoms with Gasteiger partial charge in [-0.2, -0.15) is 10.2 Å². The van der Waals surface area contributed by atoms with E-state index >= 15 is 0 Å². The highest BCUT2D eigenvalue weighted by Gasteiger charge is 2.40. The van der Waals surface area contributed by atoms with Gasteiger partial charge >= 0.3 is 0 Å². The Morgan fingerprint density at radius 2 is 1.97 bits per heavy atom. The van der Waals surface area contributed by atoms with Crippen LogP contribution in [0.15, 0.2) is 27.8 Å². The van der Waals surface area contributed by atoms with Crippen molar-refractivity contribution in [2.24, 2.45) is 0 Å². The number of nitrogens with zero attached hydrogens (tertiary/aromatic N) is 7. The first kappa shape index (κ1) is 24.1. The van der Waals surface area contributed by atoms with Gasteiger partial charge in [0.15, 0.2) is 5.69 Å². The highest BCUT2D eigenvalue weighted by molar-refractivity contribution is 6.32. The molecule has 1 saturated carbocycles. The van der Waals surface area contributed by atoms with Crippen LogP contribution >= 0.6 is 11.6 Å². The second-order valence-electron chi connectivity index (χ2n) is 9.45. The first-order chi connectivity index (χ1) is 18.1. The van der Waals surface area contributed by atoms with Gasteiger partial charge in [0, 0.05) is 33.3 Å². The Morgan fingerprint density at radius 3 is 2.70 bits per heavy atom. The third-order valence-corrected chi connectivity index (χ3v) is 7.86.